The van der Waals surface area contributed by atoms with Crippen molar-refractivity contribution in [2.24, 2.45) is 5.92 Å². The van der Waals surface area contributed by atoms with Gasteiger partial charge in [-0.2, -0.15) is 0 Å². The lowest BCUT2D eigenvalue weighted by molar-refractivity contribution is -0.120. The molecule has 4 heteroatoms. The first-order valence-corrected chi connectivity index (χ1v) is 5.81. The van der Waals surface area contributed by atoms with E-state index in [4.69, 9.17) is 5.11 Å². The SMILES string of the molecule is CNCC(C)CNC(=O)Cc1ccc(O)cc1. The minimum atomic E-state index is 0.0126. The topological polar surface area (TPSA) is 61.4 Å². The number of amides is 1. The Labute approximate surface area is 102 Å². The summed E-state index contributed by atoms with van der Waals surface area (Å²) in [7, 11) is 1.90. The second kappa shape index (κ2) is 6.91. The van der Waals surface area contributed by atoms with Crippen molar-refractivity contribution >= 4 is 5.91 Å². The van der Waals surface area contributed by atoms with Crippen molar-refractivity contribution in [1.82, 2.24) is 10.6 Å². The number of rotatable bonds is 6. The summed E-state index contributed by atoms with van der Waals surface area (Å²) in [6.45, 7) is 3.65. The zero-order valence-electron chi connectivity index (χ0n) is 10.4. The third kappa shape index (κ3) is 5.36. The van der Waals surface area contributed by atoms with Crippen LogP contribution in [-0.2, 0) is 11.2 Å². The highest BCUT2D eigenvalue weighted by molar-refractivity contribution is 5.78. The van der Waals surface area contributed by atoms with E-state index in [1.807, 2.05) is 7.05 Å². The van der Waals surface area contributed by atoms with E-state index < -0.39 is 0 Å². The van der Waals surface area contributed by atoms with E-state index in [1.165, 1.54) is 0 Å². The molecule has 0 saturated heterocycles. The number of hydrogen-bond acceptors (Lipinski definition) is 3. The summed E-state index contributed by atoms with van der Waals surface area (Å²) in [5, 5.41) is 15.1. The second-order valence-corrected chi connectivity index (χ2v) is 4.31. The molecule has 1 amide bonds. The van der Waals surface area contributed by atoms with Crippen LogP contribution in [0.5, 0.6) is 5.75 Å². The third-order valence-corrected chi connectivity index (χ3v) is 2.50. The maximum Gasteiger partial charge on any atom is 0.224 e. The van der Waals surface area contributed by atoms with Crippen molar-refractivity contribution < 1.29 is 9.90 Å². The number of phenols is 1. The number of hydrogen-bond donors (Lipinski definition) is 3. The first kappa shape index (κ1) is 13.5. The summed E-state index contributed by atoms with van der Waals surface area (Å²) in [6.07, 6.45) is 0.354. The quantitative estimate of drug-likeness (QED) is 0.688. The molecule has 1 rings (SSSR count). The van der Waals surface area contributed by atoms with Crippen LogP contribution < -0.4 is 10.6 Å². The van der Waals surface area contributed by atoms with E-state index >= 15 is 0 Å². The molecule has 4 nitrogen and oxygen atoms in total. The molecule has 1 aromatic rings. The highest BCUT2D eigenvalue weighted by Crippen LogP contribution is 2.09. The summed E-state index contributed by atoms with van der Waals surface area (Å²) in [5.74, 6) is 0.652. The van der Waals surface area contributed by atoms with Gasteiger partial charge in [0.15, 0.2) is 0 Å². The summed E-state index contributed by atoms with van der Waals surface area (Å²) < 4.78 is 0. The molecule has 0 spiro atoms. The number of nitrogens with one attached hydrogen (secondary N) is 2. The van der Waals surface area contributed by atoms with Gasteiger partial charge in [-0.1, -0.05) is 19.1 Å². The zero-order chi connectivity index (χ0) is 12.7. The molecule has 1 aromatic carbocycles. The lowest BCUT2D eigenvalue weighted by atomic mass is 10.1. The second-order valence-electron chi connectivity index (χ2n) is 4.31. The van der Waals surface area contributed by atoms with Gasteiger partial charge in [0.2, 0.25) is 5.91 Å². The van der Waals surface area contributed by atoms with Gasteiger partial charge in [-0.3, -0.25) is 4.79 Å². The average molecular weight is 236 g/mol. The predicted octanol–water partition coefficient (Wildman–Crippen LogP) is 0.906. The Balaban J connectivity index is 2.32. The van der Waals surface area contributed by atoms with Crippen molar-refractivity contribution in [2.45, 2.75) is 13.3 Å². The Bertz CT molecular complexity index is 349. The molecule has 0 bridgehead atoms. The average Bonchev–Trinajstić information content (AvgIpc) is 2.30. The van der Waals surface area contributed by atoms with E-state index in [9.17, 15) is 4.79 Å². The molecule has 3 N–H and O–H groups in total. The van der Waals surface area contributed by atoms with E-state index in [2.05, 4.69) is 17.6 Å². The molecule has 0 aliphatic heterocycles. The largest absolute Gasteiger partial charge is 0.508 e. The Hall–Kier alpha value is -1.55. The fourth-order valence-corrected chi connectivity index (χ4v) is 1.57. The van der Waals surface area contributed by atoms with Gasteiger partial charge in [0.1, 0.15) is 5.75 Å². The molecule has 94 valence electrons. The summed E-state index contributed by atoms with van der Waals surface area (Å²) >= 11 is 0. The van der Waals surface area contributed by atoms with Gasteiger partial charge in [-0.05, 0) is 37.2 Å². The van der Waals surface area contributed by atoms with Crippen LogP contribution in [-0.4, -0.2) is 31.2 Å². The van der Waals surface area contributed by atoms with Crippen molar-refractivity contribution in [3.8, 4) is 5.75 Å². The summed E-state index contributed by atoms with van der Waals surface area (Å²) in [6, 6.07) is 6.69. The van der Waals surface area contributed by atoms with Gasteiger partial charge >= 0.3 is 0 Å². The van der Waals surface area contributed by atoms with Crippen molar-refractivity contribution in [3.63, 3.8) is 0 Å². The van der Waals surface area contributed by atoms with Crippen LogP contribution in [0.3, 0.4) is 0 Å². The molecule has 0 radical (unpaired) electrons. The summed E-state index contributed by atoms with van der Waals surface area (Å²) in [5.41, 5.74) is 0.904. The number of carbonyl (C=O) groups is 1. The zero-order valence-corrected chi connectivity index (χ0v) is 10.4. The summed E-state index contributed by atoms with van der Waals surface area (Å²) in [4.78, 5) is 11.6. The molecule has 0 heterocycles. The first-order chi connectivity index (χ1) is 8.11. The lowest BCUT2D eigenvalue weighted by Gasteiger charge is -2.11. The van der Waals surface area contributed by atoms with E-state index in [1.54, 1.807) is 24.3 Å². The minimum absolute atomic E-state index is 0.0126. The Kier molecular flexibility index (Phi) is 5.49. The number of aromatic hydroxyl groups is 1. The Morgan fingerprint density at radius 3 is 2.53 bits per heavy atom. The Morgan fingerprint density at radius 1 is 1.29 bits per heavy atom. The fraction of sp³-hybridized carbons (Fsp3) is 0.462. The third-order valence-electron chi connectivity index (χ3n) is 2.50. The van der Waals surface area contributed by atoms with Gasteiger partial charge in [0.25, 0.3) is 0 Å². The van der Waals surface area contributed by atoms with Crippen LogP contribution in [0.4, 0.5) is 0 Å². The molecule has 1 unspecified atom stereocenters. The molecule has 1 atom stereocenters. The van der Waals surface area contributed by atoms with Crippen LogP contribution >= 0.6 is 0 Å². The predicted molar refractivity (Wildman–Crippen MR) is 67.9 cm³/mol. The van der Waals surface area contributed by atoms with Gasteiger partial charge in [-0.25, -0.2) is 0 Å². The maximum absolute atomic E-state index is 11.6. The fourth-order valence-electron chi connectivity index (χ4n) is 1.57. The van der Waals surface area contributed by atoms with Crippen LogP contribution in [0.15, 0.2) is 24.3 Å². The molecule has 0 aromatic heterocycles. The van der Waals surface area contributed by atoms with Crippen LogP contribution in [0.1, 0.15) is 12.5 Å². The van der Waals surface area contributed by atoms with Gasteiger partial charge in [0.05, 0.1) is 6.42 Å². The van der Waals surface area contributed by atoms with Gasteiger partial charge in [0, 0.05) is 6.54 Å². The number of benzene rings is 1. The molecule has 0 aliphatic rings. The normalized spacial score (nSPS) is 12.1. The first-order valence-electron chi connectivity index (χ1n) is 5.81. The lowest BCUT2D eigenvalue weighted by Crippen LogP contribution is -2.33. The Morgan fingerprint density at radius 2 is 1.94 bits per heavy atom. The van der Waals surface area contributed by atoms with Crippen molar-refractivity contribution in [1.29, 1.82) is 0 Å². The van der Waals surface area contributed by atoms with Crippen LogP contribution in [0, 0.1) is 5.92 Å². The van der Waals surface area contributed by atoms with E-state index in [-0.39, 0.29) is 11.7 Å². The van der Waals surface area contributed by atoms with E-state index in [0.717, 1.165) is 12.1 Å². The number of carbonyl (C=O) groups excluding carboxylic acids is 1. The van der Waals surface area contributed by atoms with Crippen LogP contribution in [0.25, 0.3) is 0 Å². The van der Waals surface area contributed by atoms with Gasteiger partial charge in [-0.15, -0.1) is 0 Å². The monoisotopic (exact) mass is 236 g/mol. The molecule has 17 heavy (non-hydrogen) atoms. The highest BCUT2D eigenvalue weighted by Gasteiger charge is 2.05. The molecule has 0 aliphatic carbocycles. The molecular weight excluding hydrogens is 216 g/mol. The van der Waals surface area contributed by atoms with Crippen LogP contribution in [0.2, 0.25) is 0 Å². The minimum Gasteiger partial charge on any atom is -0.508 e. The maximum atomic E-state index is 11.6. The van der Waals surface area contributed by atoms with Crippen molar-refractivity contribution in [3.05, 3.63) is 29.8 Å². The number of phenolic OH excluding ortho intramolecular Hbond substituents is 1. The smallest absolute Gasteiger partial charge is 0.224 e. The molecule has 0 saturated carbocycles. The van der Waals surface area contributed by atoms with E-state index in [0.29, 0.717) is 18.9 Å². The molecular formula is C13H20N2O2. The van der Waals surface area contributed by atoms with Gasteiger partial charge < -0.3 is 15.7 Å². The molecule has 0 fully saturated rings. The highest BCUT2D eigenvalue weighted by atomic mass is 16.3. The van der Waals surface area contributed by atoms with Crippen molar-refractivity contribution in [2.75, 3.05) is 20.1 Å². The standard InChI is InChI=1S/C13H20N2O2/c1-10(8-14-2)9-15-13(17)7-11-3-5-12(16)6-4-11/h3-6,10,14,16H,7-9H2,1-2H3,(H,15,17).